The fraction of sp³-hybridized carbons (Fsp3) is 0.538. The zero-order valence-corrected chi connectivity index (χ0v) is 11.7. The lowest BCUT2D eigenvalue weighted by Gasteiger charge is -2.26. The summed E-state index contributed by atoms with van der Waals surface area (Å²) in [4.78, 5) is 0. The van der Waals surface area contributed by atoms with Crippen LogP contribution in [0.15, 0.2) is 28.7 Å². The van der Waals surface area contributed by atoms with Crippen molar-refractivity contribution in [3.63, 3.8) is 0 Å². The molecule has 0 aliphatic heterocycles. The lowest BCUT2D eigenvalue weighted by atomic mass is 9.81. The molecule has 0 spiro atoms. The summed E-state index contributed by atoms with van der Waals surface area (Å²) < 4.78 is 1.15. The Morgan fingerprint density at radius 3 is 2.67 bits per heavy atom. The van der Waals surface area contributed by atoms with E-state index in [1.54, 1.807) is 0 Å². The third kappa shape index (κ3) is 4.16. The molecular formula is C13H18BrCl. The molecule has 0 nitrogen and oxygen atoms in total. The second kappa shape index (κ2) is 5.91. The summed E-state index contributed by atoms with van der Waals surface area (Å²) in [5.74, 6) is 0.730. The van der Waals surface area contributed by atoms with E-state index in [0.717, 1.165) is 16.8 Å². The maximum atomic E-state index is 6.07. The summed E-state index contributed by atoms with van der Waals surface area (Å²) in [6.45, 7) is 4.48. The lowest BCUT2D eigenvalue weighted by Crippen LogP contribution is -2.21. The van der Waals surface area contributed by atoms with Crippen molar-refractivity contribution in [2.24, 2.45) is 5.41 Å². The van der Waals surface area contributed by atoms with E-state index in [1.807, 2.05) is 0 Å². The largest absolute Gasteiger partial charge is 0.126 e. The second-order valence-corrected chi connectivity index (χ2v) is 5.68. The minimum Gasteiger partial charge on any atom is -0.126 e. The highest BCUT2D eigenvalue weighted by Crippen LogP contribution is 2.30. The minimum absolute atomic E-state index is 0.233. The molecule has 0 aromatic heterocycles. The van der Waals surface area contributed by atoms with Crippen LogP contribution >= 0.6 is 27.5 Å². The molecule has 2 heteroatoms. The van der Waals surface area contributed by atoms with E-state index < -0.39 is 0 Å². The molecule has 1 unspecified atom stereocenters. The van der Waals surface area contributed by atoms with Gasteiger partial charge in [0.2, 0.25) is 0 Å². The molecule has 0 radical (unpaired) electrons. The van der Waals surface area contributed by atoms with Crippen LogP contribution in [0, 0.1) is 5.41 Å². The first-order valence-corrected chi connectivity index (χ1v) is 6.73. The Bertz CT molecular complexity index is 311. The van der Waals surface area contributed by atoms with Gasteiger partial charge >= 0.3 is 0 Å². The van der Waals surface area contributed by atoms with E-state index in [0.29, 0.717) is 0 Å². The molecule has 0 bridgehead atoms. The van der Waals surface area contributed by atoms with Crippen molar-refractivity contribution < 1.29 is 0 Å². The Labute approximate surface area is 106 Å². The molecular weight excluding hydrogens is 272 g/mol. The SMILES string of the molecule is CCCC(C)(CCl)Cc1cccc(Br)c1. The third-order valence-corrected chi connectivity index (χ3v) is 3.83. The normalized spacial score (nSPS) is 14.9. The Balaban J connectivity index is 2.74. The molecule has 1 aromatic rings. The first kappa shape index (κ1) is 13.1. The number of hydrogen-bond acceptors (Lipinski definition) is 0. The Morgan fingerprint density at radius 1 is 1.40 bits per heavy atom. The van der Waals surface area contributed by atoms with Gasteiger partial charge < -0.3 is 0 Å². The smallest absolute Gasteiger partial charge is 0.0280 e. The number of halogens is 2. The van der Waals surface area contributed by atoms with E-state index >= 15 is 0 Å². The molecule has 84 valence electrons. The van der Waals surface area contributed by atoms with Crippen LogP contribution in [0.25, 0.3) is 0 Å². The summed E-state index contributed by atoms with van der Waals surface area (Å²) in [7, 11) is 0. The van der Waals surface area contributed by atoms with Gasteiger partial charge in [0, 0.05) is 10.4 Å². The van der Waals surface area contributed by atoms with E-state index in [4.69, 9.17) is 11.6 Å². The van der Waals surface area contributed by atoms with Crippen LogP contribution in [0.1, 0.15) is 32.3 Å². The summed E-state index contributed by atoms with van der Waals surface area (Å²) in [5.41, 5.74) is 1.60. The number of alkyl halides is 1. The van der Waals surface area contributed by atoms with Gasteiger partial charge in [0.05, 0.1) is 0 Å². The maximum Gasteiger partial charge on any atom is 0.0280 e. The van der Waals surface area contributed by atoms with Crippen LogP contribution in [0.5, 0.6) is 0 Å². The molecule has 0 fully saturated rings. The van der Waals surface area contributed by atoms with Crippen LogP contribution in [0.2, 0.25) is 0 Å². The lowest BCUT2D eigenvalue weighted by molar-refractivity contribution is 0.335. The molecule has 15 heavy (non-hydrogen) atoms. The van der Waals surface area contributed by atoms with Crippen molar-refractivity contribution >= 4 is 27.5 Å². The number of hydrogen-bond donors (Lipinski definition) is 0. The van der Waals surface area contributed by atoms with Crippen LogP contribution in [-0.4, -0.2) is 5.88 Å². The van der Waals surface area contributed by atoms with E-state index in [-0.39, 0.29) is 5.41 Å². The molecule has 1 atom stereocenters. The fourth-order valence-electron chi connectivity index (χ4n) is 1.95. The summed E-state index contributed by atoms with van der Waals surface area (Å²) in [5, 5.41) is 0. The fourth-order valence-corrected chi connectivity index (χ4v) is 2.62. The molecule has 1 aromatic carbocycles. The van der Waals surface area contributed by atoms with Gasteiger partial charge in [-0.1, -0.05) is 48.3 Å². The maximum absolute atomic E-state index is 6.07. The van der Waals surface area contributed by atoms with Crippen LogP contribution in [0.4, 0.5) is 0 Å². The Morgan fingerprint density at radius 2 is 2.13 bits per heavy atom. The van der Waals surface area contributed by atoms with Crippen molar-refractivity contribution in [2.75, 3.05) is 5.88 Å². The van der Waals surface area contributed by atoms with Crippen molar-refractivity contribution in [1.82, 2.24) is 0 Å². The zero-order valence-electron chi connectivity index (χ0n) is 9.39. The van der Waals surface area contributed by atoms with E-state index in [1.165, 1.54) is 18.4 Å². The molecule has 0 aliphatic carbocycles. The van der Waals surface area contributed by atoms with Gasteiger partial charge in [-0.3, -0.25) is 0 Å². The van der Waals surface area contributed by atoms with Crippen LogP contribution < -0.4 is 0 Å². The van der Waals surface area contributed by atoms with Gasteiger partial charge in [-0.25, -0.2) is 0 Å². The average molecular weight is 290 g/mol. The molecule has 0 saturated heterocycles. The average Bonchev–Trinajstić information content (AvgIpc) is 2.18. The van der Waals surface area contributed by atoms with Gasteiger partial charge in [-0.15, -0.1) is 11.6 Å². The monoisotopic (exact) mass is 288 g/mol. The third-order valence-electron chi connectivity index (χ3n) is 2.70. The molecule has 0 heterocycles. The quantitative estimate of drug-likeness (QED) is 0.666. The van der Waals surface area contributed by atoms with Crippen molar-refractivity contribution in [1.29, 1.82) is 0 Å². The Hall–Kier alpha value is -0.0100. The highest BCUT2D eigenvalue weighted by Gasteiger charge is 2.22. The zero-order chi connectivity index (χ0) is 11.3. The molecule has 0 N–H and O–H groups in total. The van der Waals surface area contributed by atoms with Crippen molar-refractivity contribution in [3.05, 3.63) is 34.3 Å². The minimum atomic E-state index is 0.233. The predicted octanol–water partition coefficient (Wildman–Crippen LogP) is 5.04. The van der Waals surface area contributed by atoms with Gasteiger partial charge in [0.1, 0.15) is 0 Å². The van der Waals surface area contributed by atoms with Crippen LogP contribution in [0.3, 0.4) is 0 Å². The van der Waals surface area contributed by atoms with Gasteiger partial charge in [-0.05, 0) is 36.0 Å². The Kier molecular flexibility index (Phi) is 5.14. The van der Waals surface area contributed by atoms with Crippen molar-refractivity contribution in [2.45, 2.75) is 33.1 Å². The first-order valence-electron chi connectivity index (χ1n) is 5.40. The standard InChI is InChI=1S/C13H18BrCl/c1-3-7-13(2,10-15)9-11-5-4-6-12(14)8-11/h4-6,8H,3,7,9-10H2,1-2H3. The van der Waals surface area contributed by atoms with E-state index in [9.17, 15) is 0 Å². The van der Waals surface area contributed by atoms with E-state index in [2.05, 4.69) is 54.0 Å². The van der Waals surface area contributed by atoms with Gasteiger partial charge in [0.25, 0.3) is 0 Å². The predicted molar refractivity (Wildman–Crippen MR) is 71.6 cm³/mol. The van der Waals surface area contributed by atoms with Crippen LogP contribution in [-0.2, 0) is 6.42 Å². The molecule has 0 amide bonds. The highest BCUT2D eigenvalue weighted by molar-refractivity contribution is 9.10. The summed E-state index contributed by atoms with van der Waals surface area (Å²) in [6, 6.07) is 8.49. The van der Waals surface area contributed by atoms with Gasteiger partial charge in [-0.2, -0.15) is 0 Å². The first-order chi connectivity index (χ1) is 7.09. The highest BCUT2D eigenvalue weighted by atomic mass is 79.9. The number of benzene rings is 1. The summed E-state index contributed by atoms with van der Waals surface area (Å²) in [6.07, 6.45) is 3.43. The topological polar surface area (TPSA) is 0 Å². The molecule has 0 aliphatic rings. The second-order valence-electron chi connectivity index (χ2n) is 4.50. The van der Waals surface area contributed by atoms with Gasteiger partial charge in [0.15, 0.2) is 0 Å². The molecule has 1 rings (SSSR count). The number of rotatable bonds is 5. The molecule has 0 saturated carbocycles. The summed E-state index contributed by atoms with van der Waals surface area (Å²) >= 11 is 9.56. The van der Waals surface area contributed by atoms with Crippen molar-refractivity contribution in [3.8, 4) is 0 Å².